The Labute approximate surface area is 139 Å². The summed E-state index contributed by atoms with van der Waals surface area (Å²) in [5.74, 6) is 0.978. The van der Waals surface area contributed by atoms with E-state index in [-0.39, 0.29) is 17.7 Å². The van der Waals surface area contributed by atoms with Gasteiger partial charge in [0.25, 0.3) is 0 Å². The topological polar surface area (TPSA) is 85.6 Å². The summed E-state index contributed by atoms with van der Waals surface area (Å²) in [5, 5.41) is 11.4. The van der Waals surface area contributed by atoms with E-state index >= 15 is 0 Å². The van der Waals surface area contributed by atoms with Gasteiger partial charge in [-0.05, 0) is 39.2 Å². The summed E-state index contributed by atoms with van der Waals surface area (Å²) in [6.45, 7) is 6.80. The van der Waals surface area contributed by atoms with Crippen LogP contribution in [0.5, 0.6) is 0 Å². The van der Waals surface area contributed by atoms with Crippen molar-refractivity contribution in [1.29, 1.82) is 0 Å². The third-order valence-electron chi connectivity index (χ3n) is 3.34. The van der Waals surface area contributed by atoms with E-state index in [1.54, 1.807) is 17.2 Å². The molecule has 1 aliphatic rings. The lowest BCUT2D eigenvalue weighted by Crippen LogP contribution is -2.35. The highest BCUT2D eigenvalue weighted by Crippen LogP contribution is 2.30. The van der Waals surface area contributed by atoms with Gasteiger partial charge < -0.3 is 9.64 Å². The molecule has 2 heterocycles. The van der Waals surface area contributed by atoms with Crippen LogP contribution in [0.25, 0.3) is 0 Å². The highest BCUT2D eigenvalue weighted by atomic mass is 32.2. The summed E-state index contributed by atoms with van der Waals surface area (Å²) in [7, 11) is 0. The lowest BCUT2D eigenvalue weighted by molar-refractivity contribution is -0.388. The average molecular weight is 339 g/mol. The number of aromatic nitrogens is 1. The molecule has 1 fully saturated rings. The van der Waals surface area contributed by atoms with Crippen LogP contribution in [0, 0.1) is 16.0 Å². The molecule has 1 aromatic heterocycles. The van der Waals surface area contributed by atoms with Crippen molar-refractivity contribution in [2.45, 2.75) is 37.8 Å². The van der Waals surface area contributed by atoms with Gasteiger partial charge in [0.15, 0.2) is 5.03 Å². The van der Waals surface area contributed by atoms with E-state index < -0.39 is 10.5 Å². The molecule has 0 aliphatic carbocycles. The van der Waals surface area contributed by atoms with Crippen LogP contribution >= 0.6 is 11.8 Å². The zero-order valence-corrected chi connectivity index (χ0v) is 14.3. The van der Waals surface area contributed by atoms with Gasteiger partial charge in [0.05, 0.1) is 4.92 Å². The molecule has 1 aromatic rings. The number of rotatable bonds is 4. The second kappa shape index (κ2) is 7.16. The van der Waals surface area contributed by atoms with E-state index in [1.807, 2.05) is 20.8 Å². The molecular formula is C15H21N3O4S. The van der Waals surface area contributed by atoms with Gasteiger partial charge in [-0.15, -0.1) is 0 Å². The standard InChI is InChI=1S/C15H21N3O4S/c1-15(2,3)22-14(19)17-8-6-11(9-17)10-23-13-12(18(20)21)5-4-7-16-13/h4-5,7,11H,6,8-10H2,1-3H3/t11-/m1/s1. The quantitative estimate of drug-likeness (QED) is 0.475. The molecule has 8 heteroatoms. The fourth-order valence-electron chi connectivity index (χ4n) is 2.29. The third-order valence-corrected chi connectivity index (χ3v) is 4.57. The number of carbonyl (C=O) groups excluding carboxylic acids is 1. The van der Waals surface area contributed by atoms with Gasteiger partial charge in [-0.2, -0.15) is 0 Å². The molecule has 1 atom stereocenters. The van der Waals surface area contributed by atoms with E-state index in [9.17, 15) is 14.9 Å². The predicted molar refractivity (Wildman–Crippen MR) is 87.5 cm³/mol. The van der Waals surface area contributed by atoms with Gasteiger partial charge in [0, 0.05) is 31.1 Å². The molecule has 0 bridgehead atoms. The maximum atomic E-state index is 12.0. The third kappa shape index (κ3) is 5.09. The van der Waals surface area contributed by atoms with E-state index in [2.05, 4.69) is 4.98 Å². The van der Waals surface area contributed by atoms with Crippen LogP contribution in [-0.4, -0.2) is 45.3 Å². The fourth-order valence-corrected chi connectivity index (χ4v) is 3.38. The molecule has 0 saturated carbocycles. The van der Waals surface area contributed by atoms with Crippen LogP contribution in [0.1, 0.15) is 27.2 Å². The molecule has 23 heavy (non-hydrogen) atoms. The minimum atomic E-state index is -0.501. The van der Waals surface area contributed by atoms with Crippen LogP contribution in [0.4, 0.5) is 10.5 Å². The predicted octanol–water partition coefficient (Wildman–Crippen LogP) is 3.34. The van der Waals surface area contributed by atoms with Crippen molar-refractivity contribution in [2.75, 3.05) is 18.8 Å². The number of hydrogen-bond acceptors (Lipinski definition) is 6. The number of amides is 1. The van der Waals surface area contributed by atoms with Crippen LogP contribution in [-0.2, 0) is 4.74 Å². The zero-order chi connectivity index (χ0) is 17.0. The fraction of sp³-hybridized carbons (Fsp3) is 0.600. The Hall–Kier alpha value is -1.83. The molecule has 1 saturated heterocycles. The van der Waals surface area contributed by atoms with Gasteiger partial charge in [0.1, 0.15) is 5.60 Å². The Morgan fingerprint density at radius 2 is 2.30 bits per heavy atom. The van der Waals surface area contributed by atoms with Crippen molar-refractivity contribution < 1.29 is 14.5 Å². The Morgan fingerprint density at radius 3 is 2.96 bits per heavy atom. The van der Waals surface area contributed by atoms with Gasteiger partial charge in [-0.25, -0.2) is 9.78 Å². The number of ether oxygens (including phenoxy) is 1. The van der Waals surface area contributed by atoms with Crippen molar-refractivity contribution in [1.82, 2.24) is 9.88 Å². The molecular weight excluding hydrogens is 318 g/mol. The second-order valence-electron chi connectivity index (χ2n) is 6.48. The monoisotopic (exact) mass is 339 g/mol. The minimum Gasteiger partial charge on any atom is -0.444 e. The maximum Gasteiger partial charge on any atom is 0.410 e. The number of thioether (sulfide) groups is 1. The van der Waals surface area contributed by atoms with Crippen LogP contribution < -0.4 is 0 Å². The molecule has 0 radical (unpaired) electrons. The van der Waals surface area contributed by atoms with Crippen LogP contribution in [0.15, 0.2) is 23.4 Å². The first-order chi connectivity index (χ1) is 10.8. The van der Waals surface area contributed by atoms with Crippen molar-refractivity contribution in [2.24, 2.45) is 5.92 Å². The molecule has 2 rings (SSSR count). The number of likely N-dealkylation sites (tertiary alicyclic amines) is 1. The first kappa shape index (κ1) is 17.5. The van der Waals surface area contributed by atoms with E-state index in [4.69, 9.17) is 4.74 Å². The maximum absolute atomic E-state index is 12.0. The highest BCUT2D eigenvalue weighted by Gasteiger charge is 2.30. The lowest BCUT2D eigenvalue weighted by atomic mass is 10.2. The molecule has 1 aliphatic heterocycles. The van der Waals surface area contributed by atoms with E-state index in [0.29, 0.717) is 23.9 Å². The van der Waals surface area contributed by atoms with Gasteiger partial charge in [-0.3, -0.25) is 10.1 Å². The number of carbonyl (C=O) groups is 1. The number of pyridine rings is 1. The van der Waals surface area contributed by atoms with Gasteiger partial charge >= 0.3 is 11.8 Å². The number of nitro groups is 1. The summed E-state index contributed by atoms with van der Waals surface area (Å²) in [6.07, 6.45) is 2.12. The molecule has 0 N–H and O–H groups in total. The Balaban J connectivity index is 1.87. The SMILES string of the molecule is CC(C)(C)OC(=O)N1CC[C@@H](CSc2ncccc2[N+](=O)[O-])C1. The molecule has 1 amide bonds. The summed E-state index contributed by atoms with van der Waals surface area (Å²) >= 11 is 1.37. The summed E-state index contributed by atoms with van der Waals surface area (Å²) < 4.78 is 5.36. The van der Waals surface area contributed by atoms with Gasteiger partial charge in [0.2, 0.25) is 0 Å². The Bertz CT molecular complexity index is 588. The number of hydrogen-bond donors (Lipinski definition) is 0. The van der Waals surface area contributed by atoms with Gasteiger partial charge in [-0.1, -0.05) is 11.8 Å². The normalized spacial score (nSPS) is 18.0. The molecule has 0 unspecified atom stereocenters. The summed E-state index contributed by atoms with van der Waals surface area (Å²) in [6, 6.07) is 3.01. The smallest absolute Gasteiger partial charge is 0.410 e. The van der Waals surface area contributed by atoms with Crippen LogP contribution in [0.3, 0.4) is 0 Å². The minimum absolute atomic E-state index is 0.0273. The first-order valence-corrected chi connectivity index (χ1v) is 8.45. The van der Waals surface area contributed by atoms with E-state index in [1.165, 1.54) is 17.8 Å². The first-order valence-electron chi connectivity index (χ1n) is 7.46. The molecule has 126 valence electrons. The molecule has 7 nitrogen and oxygen atoms in total. The molecule has 0 aromatic carbocycles. The second-order valence-corrected chi connectivity index (χ2v) is 7.49. The van der Waals surface area contributed by atoms with Crippen molar-refractivity contribution in [3.8, 4) is 0 Å². The summed E-state index contributed by atoms with van der Waals surface area (Å²) in [5.41, 5.74) is -0.474. The summed E-state index contributed by atoms with van der Waals surface area (Å²) in [4.78, 5) is 28.4. The zero-order valence-electron chi connectivity index (χ0n) is 13.5. The van der Waals surface area contributed by atoms with Crippen molar-refractivity contribution in [3.05, 3.63) is 28.4 Å². The van der Waals surface area contributed by atoms with Crippen molar-refractivity contribution >= 4 is 23.5 Å². The van der Waals surface area contributed by atoms with Crippen molar-refractivity contribution in [3.63, 3.8) is 0 Å². The van der Waals surface area contributed by atoms with E-state index in [0.717, 1.165) is 6.42 Å². The Morgan fingerprint density at radius 1 is 1.57 bits per heavy atom. The molecule has 0 spiro atoms. The largest absolute Gasteiger partial charge is 0.444 e. The number of nitrogens with zero attached hydrogens (tertiary/aromatic N) is 3. The highest BCUT2D eigenvalue weighted by molar-refractivity contribution is 7.99. The lowest BCUT2D eigenvalue weighted by Gasteiger charge is -2.24. The van der Waals surface area contributed by atoms with Crippen LogP contribution in [0.2, 0.25) is 0 Å². The Kier molecular flexibility index (Phi) is 5.46. The average Bonchev–Trinajstić information content (AvgIpc) is 2.92.